The normalized spacial score (nSPS) is 12.9. The molecule has 1 fully saturated rings. The van der Waals surface area contributed by atoms with Gasteiger partial charge in [0.2, 0.25) is 0 Å². The van der Waals surface area contributed by atoms with Gasteiger partial charge in [-0.05, 0) is 54.4 Å². The Morgan fingerprint density at radius 2 is 1.37 bits per heavy atom. The van der Waals surface area contributed by atoms with Gasteiger partial charge in [-0.2, -0.15) is 0 Å². The lowest BCUT2D eigenvalue weighted by Crippen LogP contribution is -2.47. The first-order valence-electron chi connectivity index (χ1n) is 14.0. The average molecular weight is 586 g/mol. The number of carbonyl (C=O) groups is 2. The minimum absolute atomic E-state index is 0.0971. The summed E-state index contributed by atoms with van der Waals surface area (Å²) in [6.45, 7) is 3.24. The van der Waals surface area contributed by atoms with Crippen LogP contribution in [0.4, 0.5) is 36.3 Å². The van der Waals surface area contributed by atoms with Crippen molar-refractivity contribution in [1.29, 1.82) is 0 Å². The van der Waals surface area contributed by atoms with Crippen LogP contribution in [0.15, 0.2) is 91.0 Å². The summed E-state index contributed by atoms with van der Waals surface area (Å²) in [6, 6.07) is 25.4. The molecule has 4 aromatic carbocycles. The van der Waals surface area contributed by atoms with Crippen molar-refractivity contribution in [3.63, 3.8) is 0 Å². The fourth-order valence-electron chi connectivity index (χ4n) is 5.08. The first-order valence-corrected chi connectivity index (χ1v) is 14.0. The number of nitrogens with zero attached hydrogens (tertiary/aromatic N) is 2. The van der Waals surface area contributed by atoms with E-state index in [1.165, 1.54) is 6.07 Å². The van der Waals surface area contributed by atoms with Crippen molar-refractivity contribution in [1.82, 2.24) is 5.32 Å². The number of hydrogen-bond donors (Lipinski definition) is 3. The molecule has 1 aliphatic heterocycles. The largest absolute Gasteiger partial charge is 0.495 e. The fraction of sp³-hybridized carbons (Fsp3) is 0.212. The highest BCUT2D eigenvalue weighted by atomic mass is 19.2. The summed E-state index contributed by atoms with van der Waals surface area (Å²) in [7, 11) is 1.66. The van der Waals surface area contributed by atoms with E-state index in [9.17, 15) is 18.4 Å². The number of rotatable bonds is 9. The number of benzene rings is 4. The van der Waals surface area contributed by atoms with Crippen LogP contribution in [-0.4, -0.2) is 51.8 Å². The first kappa shape index (κ1) is 29.4. The van der Waals surface area contributed by atoms with E-state index in [0.29, 0.717) is 37.3 Å². The van der Waals surface area contributed by atoms with Gasteiger partial charge in [0, 0.05) is 55.9 Å². The molecule has 0 atom stereocenters. The van der Waals surface area contributed by atoms with Gasteiger partial charge in [0.25, 0.3) is 5.91 Å². The van der Waals surface area contributed by atoms with Crippen molar-refractivity contribution in [2.45, 2.75) is 6.42 Å². The predicted molar refractivity (Wildman–Crippen MR) is 165 cm³/mol. The molecule has 0 unspecified atom stereocenters. The van der Waals surface area contributed by atoms with Crippen LogP contribution >= 0.6 is 0 Å². The summed E-state index contributed by atoms with van der Waals surface area (Å²) in [4.78, 5) is 30.5. The smallest absolute Gasteiger partial charge is 0.323 e. The second kappa shape index (κ2) is 13.7. The van der Waals surface area contributed by atoms with Gasteiger partial charge >= 0.3 is 6.03 Å². The van der Waals surface area contributed by atoms with E-state index >= 15 is 0 Å². The maximum atomic E-state index is 13.6. The van der Waals surface area contributed by atoms with Crippen LogP contribution in [0.3, 0.4) is 0 Å². The number of hydrogen-bond acceptors (Lipinski definition) is 5. The van der Waals surface area contributed by atoms with E-state index in [-0.39, 0.29) is 11.6 Å². The molecule has 43 heavy (non-hydrogen) atoms. The summed E-state index contributed by atoms with van der Waals surface area (Å²) < 4.78 is 32.4. The number of carbonyl (C=O) groups excluding carboxylic acids is 2. The molecule has 3 amide bonds. The van der Waals surface area contributed by atoms with Crippen molar-refractivity contribution in [2.75, 3.05) is 60.3 Å². The second-order valence-electron chi connectivity index (χ2n) is 10.1. The third kappa shape index (κ3) is 7.40. The number of nitrogens with one attached hydrogen (secondary N) is 3. The van der Waals surface area contributed by atoms with Gasteiger partial charge in [-0.1, -0.05) is 42.5 Å². The minimum atomic E-state index is -1.07. The molecule has 0 bridgehead atoms. The van der Waals surface area contributed by atoms with Gasteiger partial charge < -0.3 is 30.5 Å². The van der Waals surface area contributed by atoms with E-state index in [1.807, 2.05) is 60.7 Å². The highest BCUT2D eigenvalue weighted by Gasteiger charge is 2.24. The predicted octanol–water partition coefficient (Wildman–Crippen LogP) is 5.92. The van der Waals surface area contributed by atoms with E-state index in [1.54, 1.807) is 19.2 Å². The third-order valence-electron chi connectivity index (χ3n) is 7.26. The standard InChI is InChI=1S/C33H33F2N5O3/c1-43-31-10-6-5-9-30(31)40-19-17-39(18-20-40)29-14-12-24(37-33(42)38-25-11-13-27(34)28(35)22-25)21-26(29)32(41)36-16-15-23-7-3-2-4-8-23/h2-14,21-22H,15-20H2,1H3,(H,36,41)(H2,37,38,42). The maximum Gasteiger partial charge on any atom is 0.323 e. The number of ether oxygens (including phenoxy) is 1. The average Bonchev–Trinajstić information content (AvgIpc) is 3.03. The zero-order valence-corrected chi connectivity index (χ0v) is 23.8. The van der Waals surface area contributed by atoms with Crippen molar-refractivity contribution in [3.8, 4) is 5.75 Å². The second-order valence-corrected chi connectivity index (χ2v) is 10.1. The van der Waals surface area contributed by atoms with Crippen LogP contribution in [0.2, 0.25) is 0 Å². The first-order chi connectivity index (χ1) is 20.9. The molecule has 222 valence electrons. The summed E-state index contributed by atoms with van der Waals surface area (Å²) >= 11 is 0. The summed E-state index contributed by atoms with van der Waals surface area (Å²) in [5, 5.41) is 8.18. The Bertz CT molecular complexity index is 1580. The molecule has 0 saturated carbocycles. The Morgan fingerprint density at radius 1 is 0.744 bits per heavy atom. The van der Waals surface area contributed by atoms with Crippen LogP contribution in [0.5, 0.6) is 5.75 Å². The van der Waals surface area contributed by atoms with Gasteiger partial charge in [0.1, 0.15) is 5.75 Å². The van der Waals surface area contributed by atoms with Crippen molar-refractivity contribution in [3.05, 3.63) is 114 Å². The van der Waals surface area contributed by atoms with Crippen LogP contribution < -0.4 is 30.5 Å². The van der Waals surface area contributed by atoms with Gasteiger partial charge in [0.15, 0.2) is 11.6 Å². The molecule has 1 heterocycles. The SMILES string of the molecule is COc1ccccc1N1CCN(c2ccc(NC(=O)Nc3ccc(F)c(F)c3)cc2C(=O)NCCc2ccccc2)CC1. The molecule has 8 nitrogen and oxygen atoms in total. The van der Waals surface area contributed by atoms with Gasteiger partial charge in [-0.15, -0.1) is 0 Å². The summed E-state index contributed by atoms with van der Waals surface area (Å²) in [6.07, 6.45) is 0.675. The third-order valence-corrected chi connectivity index (χ3v) is 7.26. The van der Waals surface area contributed by atoms with Crippen LogP contribution in [-0.2, 0) is 6.42 Å². The quantitative estimate of drug-likeness (QED) is 0.227. The molecule has 0 radical (unpaired) electrons. The number of urea groups is 1. The van der Waals surface area contributed by atoms with Crippen molar-refractivity contribution >= 4 is 34.7 Å². The zero-order valence-electron chi connectivity index (χ0n) is 23.8. The van der Waals surface area contributed by atoms with Crippen LogP contribution in [0.1, 0.15) is 15.9 Å². The lowest BCUT2D eigenvalue weighted by atomic mass is 10.1. The van der Waals surface area contributed by atoms with E-state index < -0.39 is 17.7 Å². The van der Waals surface area contributed by atoms with Crippen LogP contribution in [0.25, 0.3) is 0 Å². The maximum absolute atomic E-state index is 13.6. The molecule has 4 aromatic rings. The van der Waals surface area contributed by atoms with Crippen molar-refractivity contribution in [2.24, 2.45) is 0 Å². The number of amides is 3. The van der Waals surface area contributed by atoms with Gasteiger partial charge in [0.05, 0.1) is 18.4 Å². The van der Waals surface area contributed by atoms with Gasteiger partial charge in [-0.25, -0.2) is 13.6 Å². The van der Waals surface area contributed by atoms with Crippen molar-refractivity contribution < 1.29 is 23.1 Å². The molecule has 0 aromatic heterocycles. The molecule has 0 spiro atoms. The highest BCUT2D eigenvalue weighted by Crippen LogP contribution is 2.31. The summed E-state index contributed by atoms with van der Waals surface area (Å²) in [5.41, 5.74) is 3.78. The molecule has 0 aliphatic carbocycles. The molecular formula is C33H33F2N5O3. The van der Waals surface area contributed by atoms with E-state index in [4.69, 9.17) is 4.74 Å². The fourth-order valence-corrected chi connectivity index (χ4v) is 5.08. The Hall–Kier alpha value is -5.12. The Labute approximate surface area is 249 Å². The van der Waals surface area contributed by atoms with E-state index in [0.717, 1.165) is 47.9 Å². The number of methoxy groups -OCH3 is 1. The molecule has 3 N–H and O–H groups in total. The lowest BCUT2D eigenvalue weighted by Gasteiger charge is -2.38. The zero-order chi connectivity index (χ0) is 30.2. The number of piperazine rings is 1. The molecular weight excluding hydrogens is 552 g/mol. The Kier molecular flexibility index (Phi) is 9.36. The Balaban J connectivity index is 1.31. The number of halogens is 2. The number of anilines is 4. The molecule has 5 rings (SSSR count). The topological polar surface area (TPSA) is 85.9 Å². The monoisotopic (exact) mass is 585 g/mol. The minimum Gasteiger partial charge on any atom is -0.495 e. The van der Waals surface area contributed by atoms with E-state index in [2.05, 4.69) is 25.8 Å². The highest BCUT2D eigenvalue weighted by molar-refractivity contribution is 6.04. The summed E-state index contributed by atoms with van der Waals surface area (Å²) in [5.74, 6) is -1.52. The molecule has 1 saturated heterocycles. The lowest BCUT2D eigenvalue weighted by molar-refractivity contribution is 0.0954. The number of para-hydroxylation sites is 2. The molecule has 10 heteroatoms. The Morgan fingerprint density at radius 3 is 2.07 bits per heavy atom. The van der Waals surface area contributed by atoms with Gasteiger partial charge in [-0.3, -0.25) is 4.79 Å². The van der Waals surface area contributed by atoms with Crippen LogP contribution in [0, 0.1) is 11.6 Å². The molecule has 1 aliphatic rings.